The molecule has 2 aromatic rings. The highest BCUT2D eigenvalue weighted by Crippen LogP contribution is 2.36. The van der Waals surface area contributed by atoms with E-state index in [1.54, 1.807) is 18.2 Å². The van der Waals surface area contributed by atoms with Crippen molar-refractivity contribution in [2.75, 3.05) is 10.6 Å². The molecule has 1 unspecified atom stereocenters. The minimum absolute atomic E-state index is 0.0803. The lowest BCUT2D eigenvalue weighted by molar-refractivity contribution is -0.116. The van der Waals surface area contributed by atoms with Crippen molar-refractivity contribution in [1.82, 2.24) is 15.5 Å². The summed E-state index contributed by atoms with van der Waals surface area (Å²) < 4.78 is 0. The van der Waals surface area contributed by atoms with Gasteiger partial charge in [-0.3, -0.25) is 10.1 Å². The highest BCUT2D eigenvalue weighted by Gasteiger charge is 2.23. The van der Waals surface area contributed by atoms with Crippen LogP contribution < -0.4 is 16.0 Å². The minimum Gasteiger partial charge on any atom is -0.465 e. The van der Waals surface area contributed by atoms with Crippen molar-refractivity contribution in [3.05, 3.63) is 47.1 Å². The molecule has 1 atom stereocenters. The smallest absolute Gasteiger partial charge is 0.409 e. The molecule has 30 heavy (non-hydrogen) atoms. The first-order valence-corrected chi connectivity index (χ1v) is 9.33. The molecule has 0 radical (unpaired) electrons. The van der Waals surface area contributed by atoms with Crippen LogP contribution in [0.3, 0.4) is 0 Å². The molecular weight excluding hydrogens is 414 g/mol. The van der Waals surface area contributed by atoms with E-state index in [1.165, 1.54) is 18.2 Å². The first-order chi connectivity index (χ1) is 14.3. The van der Waals surface area contributed by atoms with Gasteiger partial charge in [0.1, 0.15) is 5.69 Å². The van der Waals surface area contributed by atoms with Crippen molar-refractivity contribution in [2.45, 2.75) is 25.3 Å². The number of anilines is 2. The first-order valence-electron chi connectivity index (χ1n) is 8.95. The molecule has 11 heteroatoms. The van der Waals surface area contributed by atoms with Crippen molar-refractivity contribution >= 4 is 41.1 Å². The predicted molar refractivity (Wildman–Crippen MR) is 110 cm³/mol. The molecule has 3 amide bonds. The highest BCUT2D eigenvalue weighted by atomic mass is 35.5. The van der Waals surface area contributed by atoms with Gasteiger partial charge in [0.2, 0.25) is 5.91 Å². The second-order valence-corrected chi connectivity index (χ2v) is 6.84. The summed E-state index contributed by atoms with van der Waals surface area (Å²) in [5.74, 6) is -0.266. The van der Waals surface area contributed by atoms with Gasteiger partial charge in [-0.15, -0.1) is 10.2 Å². The van der Waals surface area contributed by atoms with Crippen LogP contribution in [-0.2, 0) is 4.79 Å². The van der Waals surface area contributed by atoms with Gasteiger partial charge in [0.05, 0.1) is 11.7 Å². The van der Waals surface area contributed by atoms with Gasteiger partial charge in [0.25, 0.3) is 0 Å². The van der Waals surface area contributed by atoms with Gasteiger partial charge in [-0.25, -0.2) is 9.59 Å². The summed E-state index contributed by atoms with van der Waals surface area (Å²) in [5.41, 5.74) is 1.78. The standard InChI is InChI=1S/C19H18ClN5O5/c20-15-9-12-13(23-19(29)30)4-2-1-3-5-16(26)22-14-8-10(21-18(27)28)6-7-11(14)17(12)25-24-15/h1-2,6-9,13,21,23H,3-5H2,(H,22,26)(H,27,28)(H,29,30)/b2-1-. The molecular formula is C19H18ClN5O5. The molecule has 0 saturated carbocycles. The highest BCUT2D eigenvalue weighted by molar-refractivity contribution is 6.29. The molecule has 1 aromatic carbocycles. The Kier molecular flexibility index (Phi) is 6.48. The lowest BCUT2D eigenvalue weighted by atomic mass is 9.96. The number of benzene rings is 1. The molecule has 0 spiro atoms. The van der Waals surface area contributed by atoms with Crippen molar-refractivity contribution < 1.29 is 24.6 Å². The fourth-order valence-corrected chi connectivity index (χ4v) is 3.26. The zero-order valence-corrected chi connectivity index (χ0v) is 16.3. The molecule has 1 aliphatic rings. The molecule has 2 heterocycles. The predicted octanol–water partition coefficient (Wildman–Crippen LogP) is 3.87. The number of fused-ring (bicyclic) bond motifs is 3. The lowest BCUT2D eigenvalue weighted by Crippen LogP contribution is -2.27. The maximum atomic E-state index is 12.3. The second kappa shape index (κ2) is 9.23. The Morgan fingerprint density at radius 1 is 1.13 bits per heavy atom. The molecule has 0 saturated heterocycles. The average Bonchev–Trinajstić information content (AvgIpc) is 2.66. The fraction of sp³-hybridized carbons (Fsp3) is 0.211. The molecule has 5 N–H and O–H groups in total. The van der Waals surface area contributed by atoms with Crippen molar-refractivity contribution in [3.63, 3.8) is 0 Å². The molecule has 0 aliphatic carbocycles. The molecule has 3 rings (SSSR count). The number of carboxylic acid groups (broad SMARTS) is 2. The third kappa shape index (κ3) is 5.23. The third-order valence-electron chi connectivity index (χ3n) is 4.34. The van der Waals surface area contributed by atoms with E-state index in [-0.39, 0.29) is 23.2 Å². The molecule has 1 aromatic heterocycles. The number of allylic oxidation sites excluding steroid dienone is 1. The average molecular weight is 432 g/mol. The van der Waals surface area contributed by atoms with Crippen molar-refractivity contribution in [3.8, 4) is 11.3 Å². The Morgan fingerprint density at radius 3 is 2.67 bits per heavy atom. The van der Waals surface area contributed by atoms with E-state index < -0.39 is 18.2 Å². The van der Waals surface area contributed by atoms with Crippen LogP contribution >= 0.6 is 11.6 Å². The summed E-state index contributed by atoms with van der Waals surface area (Å²) in [6.45, 7) is 0. The number of rotatable bonds is 2. The van der Waals surface area contributed by atoms with Gasteiger partial charge in [-0.1, -0.05) is 23.8 Å². The normalized spacial score (nSPS) is 17.2. The van der Waals surface area contributed by atoms with Gasteiger partial charge < -0.3 is 20.8 Å². The van der Waals surface area contributed by atoms with Gasteiger partial charge in [0.15, 0.2) is 5.15 Å². The Bertz CT molecular complexity index is 1030. The van der Waals surface area contributed by atoms with Crippen LogP contribution in [-0.4, -0.2) is 38.5 Å². The van der Waals surface area contributed by atoms with Crippen LogP contribution in [0.15, 0.2) is 36.4 Å². The summed E-state index contributed by atoms with van der Waals surface area (Å²) in [7, 11) is 0. The van der Waals surface area contributed by atoms with Crippen LogP contribution in [0.1, 0.15) is 30.9 Å². The van der Waals surface area contributed by atoms with E-state index in [0.29, 0.717) is 35.3 Å². The summed E-state index contributed by atoms with van der Waals surface area (Å²) in [6, 6.07) is 5.38. The number of amides is 3. The quantitative estimate of drug-likeness (QED) is 0.452. The fourth-order valence-electron chi connectivity index (χ4n) is 3.10. The van der Waals surface area contributed by atoms with Crippen LogP contribution in [0.4, 0.5) is 21.0 Å². The molecule has 0 fully saturated rings. The molecule has 10 nitrogen and oxygen atoms in total. The number of hydrogen-bond acceptors (Lipinski definition) is 5. The largest absolute Gasteiger partial charge is 0.465 e. The number of nitrogens with zero attached hydrogens (tertiary/aromatic N) is 2. The summed E-state index contributed by atoms with van der Waals surface area (Å²) >= 11 is 6.02. The second-order valence-electron chi connectivity index (χ2n) is 6.46. The van der Waals surface area contributed by atoms with E-state index >= 15 is 0 Å². The Balaban J connectivity index is 2.19. The minimum atomic E-state index is -1.25. The van der Waals surface area contributed by atoms with E-state index in [1.807, 2.05) is 0 Å². The summed E-state index contributed by atoms with van der Waals surface area (Å²) in [4.78, 5) is 34.7. The van der Waals surface area contributed by atoms with Gasteiger partial charge in [-0.05, 0) is 37.1 Å². The summed E-state index contributed by atoms with van der Waals surface area (Å²) in [6.07, 6.45) is 2.08. The monoisotopic (exact) mass is 431 g/mol. The van der Waals surface area contributed by atoms with Gasteiger partial charge in [0, 0.05) is 23.2 Å². The number of halogens is 1. The molecule has 156 valence electrons. The zero-order chi connectivity index (χ0) is 21.7. The van der Waals surface area contributed by atoms with Crippen molar-refractivity contribution in [2.24, 2.45) is 0 Å². The third-order valence-corrected chi connectivity index (χ3v) is 4.53. The number of aromatic nitrogens is 2. The van der Waals surface area contributed by atoms with Gasteiger partial charge >= 0.3 is 12.2 Å². The Hall–Kier alpha value is -3.66. The lowest BCUT2D eigenvalue weighted by Gasteiger charge is -2.21. The Labute approximate surface area is 176 Å². The zero-order valence-electron chi connectivity index (χ0n) is 15.6. The van der Waals surface area contributed by atoms with Crippen LogP contribution in [0.25, 0.3) is 11.3 Å². The van der Waals surface area contributed by atoms with E-state index in [9.17, 15) is 19.5 Å². The number of carbonyl (C=O) groups excluding carboxylic acids is 1. The molecule has 1 aliphatic heterocycles. The van der Waals surface area contributed by atoms with E-state index in [2.05, 4.69) is 26.1 Å². The SMILES string of the molecule is O=C(O)Nc1ccc2c(c1)NC(=O)CC/C=C\CC(NC(=O)O)c1cc(Cl)nnc1-2. The van der Waals surface area contributed by atoms with Crippen LogP contribution in [0, 0.1) is 0 Å². The summed E-state index contributed by atoms with van der Waals surface area (Å²) in [5, 5.41) is 33.8. The maximum absolute atomic E-state index is 12.3. The number of hydrogen-bond donors (Lipinski definition) is 5. The number of nitrogens with one attached hydrogen (secondary N) is 3. The topological polar surface area (TPSA) is 154 Å². The number of carbonyl (C=O) groups is 3. The Morgan fingerprint density at radius 2 is 1.93 bits per heavy atom. The first kappa shape index (κ1) is 21.1. The van der Waals surface area contributed by atoms with Crippen molar-refractivity contribution in [1.29, 1.82) is 0 Å². The van der Waals surface area contributed by atoms with E-state index in [4.69, 9.17) is 16.7 Å². The van der Waals surface area contributed by atoms with Crippen LogP contribution in [0.2, 0.25) is 5.15 Å². The van der Waals surface area contributed by atoms with Gasteiger partial charge in [-0.2, -0.15) is 0 Å². The van der Waals surface area contributed by atoms with Crippen LogP contribution in [0.5, 0.6) is 0 Å². The van der Waals surface area contributed by atoms with E-state index in [0.717, 1.165) is 0 Å². The maximum Gasteiger partial charge on any atom is 0.409 e. The molecule has 0 bridgehead atoms.